The second-order valence-electron chi connectivity index (χ2n) is 4.59. The summed E-state index contributed by atoms with van der Waals surface area (Å²) < 4.78 is 6.92. The fraction of sp³-hybridized carbons (Fsp3) is 0.235. The van der Waals surface area contributed by atoms with E-state index in [2.05, 4.69) is 29.5 Å². The monoisotopic (exact) mass is 380 g/mol. The molecule has 20 heavy (non-hydrogen) atoms. The minimum absolute atomic E-state index is 0.0960. The molecule has 0 aliphatic rings. The highest BCUT2D eigenvalue weighted by molar-refractivity contribution is 14.1. The van der Waals surface area contributed by atoms with E-state index in [9.17, 15) is 4.79 Å². The number of carbonyl (C=O) groups excluding carboxylic acids is 1. The van der Waals surface area contributed by atoms with E-state index in [1.54, 1.807) is 6.92 Å². The molecule has 0 unspecified atom stereocenters. The molecule has 0 radical (unpaired) electrons. The van der Waals surface area contributed by atoms with Gasteiger partial charge in [-0.25, -0.2) is 0 Å². The van der Waals surface area contributed by atoms with Gasteiger partial charge in [-0.3, -0.25) is 4.79 Å². The number of hydrogen-bond acceptors (Lipinski definition) is 2. The zero-order chi connectivity index (χ0) is 14.5. The summed E-state index contributed by atoms with van der Waals surface area (Å²) in [5.41, 5.74) is 3.02. The molecule has 3 heteroatoms. The molecule has 0 saturated heterocycles. The van der Waals surface area contributed by atoms with Crippen LogP contribution in [0.1, 0.15) is 35.3 Å². The first kappa shape index (κ1) is 15.0. The van der Waals surface area contributed by atoms with Crippen molar-refractivity contribution in [1.29, 1.82) is 0 Å². The van der Waals surface area contributed by atoms with Gasteiger partial charge in [-0.1, -0.05) is 37.3 Å². The van der Waals surface area contributed by atoms with Crippen molar-refractivity contribution < 1.29 is 9.53 Å². The van der Waals surface area contributed by atoms with Gasteiger partial charge in [-0.2, -0.15) is 0 Å². The summed E-state index contributed by atoms with van der Waals surface area (Å²) in [6.07, 6.45) is 0.851. The summed E-state index contributed by atoms with van der Waals surface area (Å²) in [4.78, 5) is 11.6. The Kier molecular flexibility index (Phi) is 5.17. The van der Waals surface area contributed by atoms with E-state index in [1.165, 1.54) is 0 Å². The van der Waals surface area contributed by atoms with Crippen LogP contribution in [0.5, 0.6) is 5.75 Å². The number of Topliss-reactive ketones (excluding diaryl/α,β-unsaturated/α-hetero) is 1. The van der Waals surface area contributed by atoms with Crippen molar-refractivity contribution in [3.05, 3.63) is 62.7 Å². The molecule has 0 saturated carbocycles. The van der Waals surface area contributed by atoms with Gasteiger partial charge in [0.15, 0.2) is 5.78 Å². The maximum absolute atomic E-state index is 11.6. The molecule has 0 spiro atoms. The number of ketones is 1. The Hall–Kier alpha value is -1.36. The van der Waals surface area contributed by atoms with Crippen LogP contribution in [0.15, 0.2) is 42.5 Å². The third-order valence-electron chi connectivity index (χ3n) is 3.17. The summed E-state index contributed by atoms with van der Waals surface area (Å²) in [5.74, 6) is 0.962. The molecule has 2 rings (SSSR count). The number of carbonyl (C=O) groups is 1. The van der Waals surface area contributed by atoms with Crippen LogP contribution in [-0.2, 0) is 13.0 Å². The van der Waals surface area contributed by atoms with Gasteiger partial charge in [-0.05, 0) is 53.6 Å². The molecular weight excluding hydrogens is 363 g/mol. The molecule has 104 valence electrons. The summed E-state index contributed by atoms with van der Waals surface area (Å²) >= 11 is 2.24. The fourth-order valence-electron chi connectivity index (χ4n) is 2.08. The van der Waals surface area contributed by atoms with E-state index in [0.717, 1.165) is 32.4 Å². The Morgan fingerprint density at radius 1 is 1.15 bits per heavy atom. The average Bonchev–Trinajstić information content (AvgIpc) is 2.45. The molecule has 0 N–H and O–H groups in total. The van der Waals surface area contributed by atoms with Gasteiger partial charge in [-0.15, -0.1) is 0 Å². The van der Waals surface area contributed by atoms with Crippen LogP contribution >= 0.6 is 22.6 Å². The SMILES string of the molecule is CCc1c(OCc2ccccc2)ccc(C(C)=O)c1I. The maximum atomic E-state index is 11.6. The normalized spacial score (nSPS) is 10.3. The molecular formula is C17H17IO2. The fourth-order valence-corrected chi connectivity index (χ4v) is 3.28. The minimum Gasteiger partial charge on any atom is -0.489 e. The van der Waals surface area contributed by atoms with Gasteiger partial charge < -0.3 is 4.74 Å². The van der Waals surface area contributed by atoms with E-state index < -0.39 is 0 Å². The standard InChI is InChI=1S/C17H17IO2/c1-3-14-16(10-9-15(12(2)19)17(14)18)20-11-13-7-5-4-6-8-13/h4-10H,3,11H2,1-2H3. The van der Waals surface area contributed by atoms with Gasteiger partial charge in [0, 0.05) is 14.7 Å². The molecule has 0 aliphatic heterocycles. The summed E-state index contributed by atoms with van der Waals surface area (Å²) in [7, 11) is 0. The molecule has 0 fully saturated rings. The maximum Gasteiger partial charge on any atom is 0.160 e. The van der Waals surface area contributed by atoms with Crippen molar-refractivity contribution in [2.24, 2.45) is 0 Å². The van der Waals surface area contributed by atoms with Gasteiger partial charge in [0.1, 0.15) is 12.4 Å². The van der Waals surface area contributed by atoms with Crippen LogP contribution in [0.2, 0.25) is 0 Å². The van der Waals surface area contributed by atoms with Crippen LogP contribution < -0.4 is 4.74 Å². The van der Waals surface area contributed by atoms with E-state index in [1.807, 2.05) is 42.5 Å². The lowest BCUT2D eigenvalue weighted by Gasteiger charge is -2.14. The van der Waals surface area contributed by atoms with Gasteiger partial charge in [0.05, 0.1) is 0 Å². The highest BCUT2D eigenvalue weighted by atomic mass is 127. The third-order valence-corrected chi connectivity index (χ3v) is 4.40. The highest BCUT2D eigenvalue weighted by Crippen LogP contribution is 2.28. The van der Waals surface area contributed by atoms with E-state index in [0.29, 0.717) is 6.61 Å². The summed E-state index contributed by atoms with van der Waals surface area (Å²) in [5, 5.41) is 0. The molecule has 0 aliphatic carbocycles. The van der Waals surface area contributed by atoms with Crippen LogP contribution in [-0.4, -0.2) is 5.78 Å². The molecule has 0 bridgehead atoms. The van der Waals surface area contributed by atoms with Crippen LogP contribution in [0.3, 0.4) is 0 Å². The smallest absolute Gasteiger partial charge is 0.160 e. The van der Waals surface area contributed by atoms with Crippen LogP contribution in [0, 0.1) is 3.57 Å². The van der Waals surface area contributed by atoms with Crippen molar-refractivity contribution in [1.82, 2.24) is 0 Å². The lowest BCUT2D eigenvalue weighted by molar-refractivity contribution is 0.101. The number of benzene rings is 2. The number of hydrogen-bond donors (Lipinski definition) is 0. The second kappa shape index (κ2) is 6.88. The molecule has 0 atom stereocenters. The average molecular weight is 380 g/mol. The van der Waals surface area contributed by atoms with Crippen molar-refractivity contribution in [3.8, 4) is 5.75 Å². The Labute approximate surface area is 133 Å². The molecule has 2 nitrogen and oxygen atoms in total. The van der Waals surface area contributed by atoms with Gasteiger partial charge >= 0.3 is 0 Å². The van der Waals surface area contributed by atoms with Crippen LogP contribution in [0.25, 0.3) is 0 Å². The van der Waals surface area contributed by atoms with E-state index >= 15 is 0 Å². The van der Waals surface area contributed by atoms with E-state index in [4.69, 9.17) is 4.74 Å². The number of rotatable bonds is 5. The largest absolute Gasteiger partial charge is 0.489 e. The first-order valence-corrected chi connectivity index (χ1v) is 7.70. The highest BCUT2D eigenvalue weighted by Gasteiger charge is 2.13. The zero-order valence-electron chi connectivity index (χ0n) is 11.7. The molecule has 0 amide bonds. The molecule has 0 heterocycles. The lowest BCUT2D eigenvalue weighted by Crippen LogP contribution is -2.04. The first-order valence-electron chi connectivity index (χ1n) is 6.62. The minimum atomic E-state index is 0.0960. The topological polar surface area (TPSA) is 26.3 Å². The Balaban J connectivity index is 2.24. The van der Waals surface area contributed by atoms with Crippen molar-refractivity contribution in [2.75, 3.05) is 0 Å². The Morgan fingerprint density at radius 3 is 2.45 bits per heavy atom. The lowest BCUT2D eigenvalue weighted by atomic mass is 10.1. The molecule has 0 aromatic heterocycles. The summed E-state index contributed by atoms with van der Waals surface area (Å²) in [6.45, 7) is 4.22. The number of halogens is 1. The van der Waals surface area contributed by atoms with Gasteiger partial charge in [0.2, 0.25) is 0 Å². The van der Waals surface area contributed by atoms with Crippen molar-refractivity contribution in [2.45, 2.75) is 26.9 Å². The third kappa shape index (κ3) is 3.39. The van der Waals surface area contributed by atoms with Crippen molar-refractivity contribution >= 4 is 28.4 Å². The quantitative estimate of drug-likeness (QED) is 0.558. The predicted octanol–water partition coefficient (Wildman–Crippen LogP) is 4.64. The van der Waals surface area contributed by atoms with E-state index in [-0.39, 0.29) is 5.78 Å². The van der Waals surface area contributed by atoms with Crippen molar-refractivity contribution in [3.63, 3.8) is 0 Å². The van der Waals surface area contributed by atoms with Crippen LogP contribution in [0.4, 0.5) is 0 Å². The second-order valence-corrected chi connectivity index (χ2v) is 5.67. The first-order chi connectivity index (χ1) is 9.63. The summed E-state index contributed by atoms with van der Waals surface area (Å²) in [6, 6.07) is 13.8. The number of ether oxygens (including phenoxy) is 1. The Bertz CT molecular complexity index is 606. The van der Waals surface area contributed by atoms with Gasteiger partial charge in [0.25, 0.3) is 0 Å². The Morgan fingerprint density at radius 2 is 1.85 bits per heavy atom. The molecule has 2 aromatic rings. The molecule has 2 aromatic carbocycles. The zero-order valence-corrected chi connectivity index (χ0v) is 13.8. The predicted molar refractivity (Wildman–Crippen MR) is 89.3 cm³/mol.